The molecule has 0 aliphatic heterocycles. The number of H-pyrrole nitrogens is 1. The highest BCUT2D eigenvalue weighted by Gasteiger charge is 2.30. The van der Waals surface area contributed by atoms with Gasteiger partial charge in [0.1, 0.15) is 0 Å². The fraction of sp³-hybridized carbons (Fsp3) is 0.636. The van der Waals surface area contributed by atoms with E-state index in [9.17, 15) is 18.0 Å². The number of aromatic amines is 1. The molecular weight excluding hydrogens is 304 g/mol. The van der Waals surface area contributed by atoms with Crippen LogP contribution in [0.25, 0.3) is 0 Å². The lowest BCUT2D eigenvalue weighted by Crippen LogP contribution is -2.37. The van der Waals surface area contributed by atoms with Crippen LogP contribution in [-0.2, 0) is 14.8 Å². The molecule has 0 saturated carbocycles. The van der Waals surface area contributed by atoms with Gasteiger partial charge in [-0.1, -0.05) is 11.3 Å². The van der Waals surface area contributed by atoms with E-state index in [1.165, 1.54) is 11.2 Å². The van der Waals surface area contributed by atoms with E-state index in [1.54, 1.807) is 13.8 Å². The van der Waals surface area contributed by atoms with Gasteiger partial charge in [0, 0.05) is 24.7 Å². The highest BCUT2D eigenvalue weighted by molar-refractivity contribution is 7.91. The summed E-state index contributed by atoms with van der Waals surface area (Å²) >= 11 is 0.650. The number of carboxylic acids is 1. The van der Waals surface area contributed by atoms with Crippen molar-refractivity contribution in [3.63, 3.8) is 0 Å². The minimum absolute atomic E-state index is 0.00785. The van der Waals surface area contributed by atoms with Gasteiger partial charge in [0.15, 0.2) is 4.21 Å². The van der Waals surface area contributed by atoms with Crippen LogP contribution in [0.5, 0.6) is 0 Å². The third-order valence-corrected chi connectivity index (χ3v) is 6.33. The first-order valence-corrected chi connectivity index (χ1v) is 8.35. The molecular formula is C11H18N2O5S2. The molecule has 0 fully saturated rings. The minimum Gasteiger partial charge on any atom is -0.481 e. The van der Waals surface area contributed by atoms with Gasteiger partial charge in [-0.15, -0.1) is 0 Å². The van der Waals surface area contributed by atoms with Crippen molar-refractivity contribution in [2.45, 2.75) is 43.9 Å². The summed E-state index contributed by atoms with van der Waals surface area (Å²) in [5.41, 5.74) is 0.309. The summed E-state index contributed by atoms with van der Waals surface area (Å²) in [4.78, 5) is 23.8. The van der Waals surface area contributed by atoms with Crippen LogP contribution in [0.3, 0.4) is 0 Å². The van der Waals surface area contributed by atoms with Gasteiger partial charge in [-0.25, -0.2) is 8.42 Å². The molecule has 0 aliphatic carbocycles. The second-order valence-electron chi connectivity index (χ2n) is 4.63. The molecule has 0 amide bonds. The number of aryl methyl sites for hydroxylation is 1. The molecule has 1 rings (SSSR count). The second kappa shape index (κ2) is 6.51. The molecule has 1 heterocycles. The van der Waals surface area contributed by atoms with Crippen molar-refractivity contribution in [3.05, 3.63) is 15.4 Å². The van der Waals surface area contributed by atoms with Crippen LogP contribution in [0.2, 0.25) is 0 Å². The lowest BCUT2D eigenvalue weighted by Gasteiger charge is -2.25. The Morgan fingerprint density at radius 2 is 2.05 bits per heavy atom. The van der Waals surface area contributed by atoms with Crippen molar-refractivity contribution in [3.8, 4) is 0 Å². The molecule has 7 nitrogen and oxygen atoms in total. The number of sulfonamides is 1. The highest BCUT2D eigenvalue weighted by atomic mass is 32.2. The first-order valence-electron chi connectivity index (χ1n) is 6.09. The van der Waals surface area contributed by atoms with Crippen LogP contribution in [0.4, 0.5) is 0 Å². The molecule has 0 aliphatic rings. The van der Waals surface area contributed by atoms with Gasteiger partial charge in [0.25, 0.3) is 10.0 Å². The highest BCUT2D eigenvalue weighted by Crippen LogP contribution is 2.23. The molecule has 1 aromatic heterocycles. The number of rotatable bonds is 7. The summed E-state index contributed by atoms with van der Waals surface area (Å²) in [6.45, 7) is 5.06. The zero-order chi connectivity index (χ0) is 15.5. The van der Waals surface area contributed by atoms with Gasteiger partial charge < -0.3 is 10.1 Å². The molecule has 0 spiro atoms. The first kappa shape index (κ1) is 16.9. The third-order valence-electron chi connectivity index (χ3n) is 2.67. The van der Waals surface area contributed by atoms with Crippen LogP contribution in [0, 0.1) is 6.92 Å². The average molecular weight is 322 g/mol. The van der Waals surface area contributed by atoms with Crippen LogP contribution in [0.15, 0.2) is 9.00 Å². The fourth-order valence-electron chi connectivity index (χ4n) is 1.79. The molecule has 0 saturated heterocycles. The van der Waals surface area contributed by atoms with E-state index < -0.39 is 20.9 Å². The number of carbonyl (C=O) groups is 1. The SMILES string of the molecule is Cc1[nH]c(=O)sc1S(=O)(=O)N(CCCC(=O)O)C(C)C. The van der Waals surface area contributed by atoms with E-state index in [0.29, 0.717) is 17.0 Å². The molecule has 0 radical (unpaired) electrons. The lowest BCUT2D eigenvalue weighted by atomic mass is 10.3. The molecule has 0 unspecified atom stereocenters. The zero-order valence-corrected chi connectivity index (χ0v) is 13.2. The third kappa shape index (κ3) is 3.90. The largest absolute Gasteiger partial charge is 0.481 e. The normalized spacial score (nSPS) is 12.2. The van der Waals surface area contributed by atoms with Crippen molar-refractivity contribution < 1.29 is 18.3 Å². The molecule has 2 N–H and O–H groups in total. The summed E-state index contributed by atoms with van der Waals surface area (Å²) in [5, 5.41) is 8.62. The van der Waals surface area contributed by atoms with Gasteiger partial charge in [-0.2, -0.15) is 4.31 Å². The number of carboxylic acid groups (broad SMARTS) is 1. The van der Waals surface area contributed by atoms with E-state index in [4.69, 9.17) is 5.11 Å². The van der Waals surface area contributed by atoms with Gasteiger partial charge >= 0.3 is 10.8 Å². The van der Waals surface area contributed by atoms with Crippen molar-refractivity contribution >= 4 is 27.3 Å². The van der Waals surface area contributed by atoms with Crippen LogP contribution < -0.4 is 4.87 Å². The molecule has 1 aromatic rings. The zero-order valence-electron chi connectivity index (χ0n) is 11.5. The molecule has 0 bridgehead atoms. The molecule has 0 aromatic carbocycles. The Morgan fingerprint density at radius 1 is 1.45 bits per heavy atom. The van der Waals surface area contributed by atoms with E-state index in [-0.39, 0.29) is 29.6 Å². The number of aliphatic carboxylic acids is 1. The van der Waals surface area contributed by atoms with Crippen molar-refractivity contribution in [2.24, 2.45) is 0 Å². The van der Waals surface area contributed by atoms with Crippen molar-refractivity contribution in [1.29, 1.82) is 0 Å². The number of thiazole rings is 1. The monoisotopic (exact) mass is 322 g/mol. The minimum atomic E-state index is -3.78. The Morgan fingerprint density at radius 3 is 2.45 bits per heavy atom. The van der Waals surface area contributed by atoms with Crippen molar-refractivity contribution in [1.82, 2.24) is 9.29 Å². The average Bonchev–Trinajstić information content (AvgIpc) is 2.63. The van der Waals surface area contributed by atoms with E-state index in [1.807, 2.05) is 0 Å². The molecule has 114 valence electrons. The maximum Gasteiger partial charge on any atom is 0.305 e. The summed E-state index contributed by atoms with van der Waals surface area (Å²) in [6.07, 6.45) is 0.131. The number of aromatic nitrogens is 1. The Bertz CT molecular complexity index is 629. The fourth-order valence-corrected chi connectivity index (χ4v) is 4.87. The number of nitrogens with zero attached hydrogens (tertiary/aromatic N) is 1. The van der Waals surface area contributed by atoms with Crippen LogP contribution in [0.1, 0.15) is 32.4 Å². The summed E-state index contributed by atoms with van der Waals surface area (Å²) in [7, 11) is -3.78. The van der Waals surface area contributed by atoms with E-state index in [2.05, 4.69) is 4.98 Å². The predicted octanol–water partition coefficient (Wildman–Crippen LogP) is 1.01. The predicted molar refractivity (Wildman–Crippen MR) is 75.6 cm³/mol. The summed E-state index contributed by atoms with van der Waals surface area (Å²) < 4.78 is 26.2. The molecule has 20 heavy (non-hydrogen) atoms. The smallest absolute Gasteiger partial charge is 0.305 e. The first-order chi connectivity index (χ1) is 9.16. The van der Waals surface area contributed by atoms with Crippen molar-refractivity contribution in [2.75, 3.05) is 6.54 Å². The van der Waals surface area contributed by atoms with E-state index in [0.717, 1.165) is 0 Å². The standard InChI is InChI=1S/C11H18N2O5S2/c1-7(2)13(6-4-5-9(14)15)20(17,18)10-8(3)12-11(16)19-10/h7H,4-6H2,1-3H3,(H,12,16)(H,14,15). The Kier molecular flexibility index (Phi) is 5.49. The Labute approximate surface area is 121 Å². The van der Waals surface area contributed by atoms with Crippen LogP contribution >= 0.6 is 11.3 Å². The molecule has 9 heteroatoms. The second-order valence-corrected chi connectivity index (χ2v) is 7.70. The summed E-state index contributed by atoms with van der Waals surface area (Å²) in [6, 6.07) is -0.314. The van der Waals surface area contributed by atoms with Crippen LogP contribution in [-0.4, -0.2) is 41.4 Å². The topological polar surface area (TPSA) is 108 Å². The lowest BCUT2D eigenvalue weighted by molar-refractivity contribution is -0.137. The quantitative estimate of drug-likeness (QED) is 0.779. The Balaban J connectivity index is 3.04. The maximum atomic E-state index is 12.5. The van der Waals surface area contributed by atoms with Gasteiger partial charge in [0.2, 0.25) is 0 Å². The number of nitrogens with one attached hydrogen (secondary N) is 1. The maximum absolute atomic E-state index is 12.5. The Hall–Kier alpha value is -1.19. The van der Waals surface area contributed by atoms with Gasteiger partial charge in [-0.3, -0.25) is 9.59 Å². The molecule has 0 atom stereocenters. The van der Waals surface area contributed by atoms with Gasteiger partial charge in [-0.05, 0) is 27.2 Å². The number of hydrogen-bond donors (Lipinski definition) is 2. The number of hydrogen-bond acceptors (Lipinski definition) is 5. The van der Waals surface area contributed by atoms with Gasteiger partial charge in [0.05, 0.1) is 0 Å². The van der Waals surface area contributed by atoms with E-state index >= 15 is 0 Å². The summed E-state index contributed by atoms with van der Waals surface area (Å²) in [5.74, 6) is -0.964.